The van der Waals surface area contributed by atoms with Gasteiger partial charge in [-0.2, -0.15) is 5.10 Å². The van der Waals surface area contributed by atoms with Gasteiger partial charge in [0.1, 0.15) is 0 Å². The fourth-order valence-electron chi connectivity index (χ4n) is 1.70. The molecule has 1 rings (SSSR count). The molecule has 0 heterocycles. The first-order valence-corrected chi connectivity index (χ1v) is 5.83. The van der Waals surface area contributed by atoms with Crippen LogP contribution in [0.1, 0.15) is 32.6 Å². The molecule has 0 aliphatic heterocycles. The predicted octanol–water partition coefficient (Wildman–Crippen LogP) is 2.20. The lowest BCUT2D eigenvalue weighted by Gasteiger charge is -2.19. The highest BCUT2D eigenvalue weighted by Gasteiger charge is 2.13. The third-order valence-corrected chi connectivity index (χ3v) is 2.70. The topological polar surface area (TPSA) is 36.4 Å². The molecule has 0 aromatic carbocycles. The molecule has 15 heavy (non-hydrogen) atoms. The second-order valence-electron chi connectivity index (χ2n) is 3.99. The predicted molar refractivity (Wildman–Crippen MR) is 69.0 cm³/mol. The zero-order valence-electron chi connectivity index (χ0n) is 9.25. The summed E-state index contributed by atoms with van der Waals surface area (Å²) in [7, 11) is 0. The molecule has 3 nitrogen and oxygen atoms in total. The summed E-state index contributed by atoms with van der Waals surface area (Å²) in [5.74, 6) is 0.758. The number of hydrazone groups is 1. The van der Waals surface area contributed by atoms with Gasteiger partial charge in [-0.3, -0.25) is 5.43 Å². The van der Waals surface area contributed by atoms with Crippen molar-refractivity contribution < 1.29 is 0 Å². The minimum atomic E-state index is 0.570. The molecule has 4 heteroatoms. The van der Waals surface area contributed by atoms with Crippen molar-refractivity contribution in [3.05, 3.63) is 12.7 Å². The Hall–Kier alpha value is -0.900. The van der Waals surface area contributed by atoms with Gasteiger partial charge in [-0.1, -0.05) is 13.0 Å². The third-order valence-electron chi connectivity index (χ3n) is 2.47. The van der Waals surface area contributed by atoms with Crippen molar-refractivity contribution in [2.45, 2.75) is 32.6 Å². The Labute approximate surface area is 97.0 Å². The summed E-state index contributed by atoms with van der Waals surface area (Å²) in [6.45, 7) is 6.55. The van der Waals surface area contributed by atoms with Crippen molar-refractivity contribution in [2.75, 3.05) is 6.54 Å². The van der Waals surface area contributed by atoms with Gasteiger partial charge < -0.3 is 5.32 Å². The quantitative estimate of drug-likeness (QED) is 0.439. The monoisotopic (exact) mass is 225 g/mol. The lowest BCUT2D eigenvalue weighted by Crippen LogP contribution is -2.33. The second kappa shape index (κ2) is 6.56. The van der Waals surface area contributed by atoms with Crippen LogP contribution in [0.25, 0.3) is 0 Å². The van der Waals surface area contributed by atoms with Crippen molar-refractivity contribution in [1.82, 2.24) is 10.7 Å². The van der Waals surface area contributed by atoms with Crippen molar-refractivity contribution >= 4 is 23.0 Å². The van der Waals surface area contributed by atoms with E-state index in [-0.39, 0.29) is 0 Å². The van der Waals surface area contributed by atoms with Crippen molar-refractivity contribution in [3.63, 3.8) is 0 Å². The Morgan fingerprint density at radius 1 is 1.73 bits per heavy atom. The van der Waals surface area contributed by atoms with Crippen LogP contribution < -0.4 is 10.7 Å². The molecule has 0 unspecified atom stereocenters. The number of rotatable bonds is 3. The Morgan fingerprint density at radius 2 is 2.53 bits per heavy atom. The maximum absolute atomic E-state index is 5.04. The summed E-state index contributed by atoms with van der Waals surface area (Å²) < 4.78 is 0. The van der Waals surface area contributed by atoms with Gasteiger partial charge in [0.2, 0.25) is 0 Å². The van der Waals surface area contributed by atoms with Crippen LogP contribution in [-0.4, -0.2) is 17.4 Å². The Morgan fingerprint density at radius 3 is 3.20 bits per heavy atom. The van der Waals surface area contributed by atoms with E-state index in [1.54, 1.807) is 6.08 Å². The number of nitrogens with one attached hydrogen (secondary N) is 2. The largest absolute Gasteiger partial charge is 0.358 e. The molecular weight excluding hydrogens is 206 g/mol. The second-order valence-corrected chi connectivity index (χ2v) is 4.40. The van der Waals surface area contributed by atoms with Crippen LogP contribution in [0, 0.1) is 5.92 Å². The molecule has 2 N–H and O–H groups in total. The minimum Gasteiger partial charge on any atom is -0.358 e. The Kier molecular flexibility index (Phi) is 5.32. The summed E-state index contributed by atoms with van der Waals surface area (Å²) in [4.78, 5) is 0. The van der Waals surface area contributed by atoms with E-state index in [1.807, 2.05) is 0 Å². The van der Waals surface area contributed by atoms with E-state index in [0.29, 0.717) is 11.7 Å². The van der Waals surface area contributed by atoms with Crippen LogP contribution in [0.15, 0.2) is 17.8 Å². The van der Waals surface area contributed by atoms with Gasteiger partial charge >= 0.3 is 0 Å². The fourth-order valence-corrected chi connectivity index (χ4v) is 1.83. The molecule has 0 aromatic heterocycles. The summed E-state index contributed by atoms with van der Waals surface area (Å²) in [5.41, 5.74) is 4.10. The highest BCUT2D eigenvalue weighted by molar-refractivity contribution is 7.80. The van der Waals surface area contributed by atoms with Crippen LogP contribution in [0.5, 0.6) is 0 Å². The van der Waals surface area contributed by atoms with E-state index in [1.165, 1.54) is 18.6 Å². The van der Waals surface area contributed by atoms with Crippen LogP contribution in [0.4, 0.5) is 0 Å². The average molecular weight is 225 g/mol. The number of hydrogen-bond donors (Lipinski definition) is 2. The van der Waals surface area contributed by atoms with E-state index in [2.05, 4.69) is 29.3 Å². The molecule has 0 saturated heterocycles. The molecule has 0 amide bonds. The van der Waals surface area contributed by atoms with Gasteiger partial charge in [-0.15, -0.1) is 6.58 Å². The highest BCUT2D eigenvalue weighted by atomic mass is 32.1. The van der Waals surface area contributed by atoms with Crippen molar-refractivity contribution in [1.29, 1.82) is 0 Å². The standard InChI is InChI=1S/C11H19N3S/c1-3-7-12-11(15)14-13-10-6-4-5-9(2)8-10/h3,9H,1,4-8H2,2H3,(H2,12,14,15)/b13-10-/t9-/m1/s1. The van der Waals surface area contributed by atoms with Gasteiger partial charge in [0, 0.05) is 12.3 Å². The van der Waals surface area contributed by atoms with E-state index in [9.17, 15) is 0 Å². The van der Waals surface area contributed by atoms with Crippen LogP contribution in [-0.2, 0) is 0 Å². The maximum Gasteiger partial charge on any atom is 0.187 e. The molecule has 84 valence electrons. The normalized spacial score (nSPS) is 23.5. The maximum atomic E-state index is 5.04. The van der Waals surface area contributed by atoms with Gasteiger partial charge in [-0.25, -0.2) is 0 Å². The van der Waals surface area contributed by atoms with E-state index in [4.69, 9.17) is 12.2 Å². The summed E-state index contributed by atoms with van der Waals surface area (Å²) in [6, 6.07) is 0. The highest BCUT2D eigenvalue weighted by Crippen LogP contribution is 2.20. The Bertz CT molecular complexity index is 261. The van der Waals surface area contributed by atoms with Gasteiger partial charge in [0.05, 0.1) is 0 Å². The molecule has 0 bridgehead atoms. The molecule has 1 fully saturated rings. The number of thiocarbonyl (C=S) groups is 1. The zero-order chi connectivity index (χ0) is 11.1. The first kappa shape index (κ1) is 12.2. The molecule has 1 aliphatic carbocycles. The van der Waals surface area contributed by atoms with Crippen molar-refractivity contribution in [2.24, 2.45) is 11.0 Å². The summed E-state index contributed by atoms with van der Waals surface area (Å²) in [6.07, 6.45) is 6.52. The van der Waals surface area contributed by atoms with E-state index >= 15 is 0 Å². The van der Waals surface area contributed by atoms with E-state index in [0.717, 1.165) is 18.8 Å². The number of hydrogen-bond acceptors (Lipinski definition) is 2. The molecule has 0 radical (unpaired) electrons. The van der Waals surface area contributed by atoms with Gasteiger partial charge in [0.15, 0.2) is 5.11 Å². The third kappa shape index (κ3) is 4.93. The van der Waals surface area contributed by atoms with Gasteiger partial charge in [-0.05, 0) is 43.8 Å². The first-order chi connectivity index (χ1) is 7.22. The molecular formula is C11H19N3S. The zero-order valence-corrected chi connectivity index (χ0v) is 10.1. The molecule has 0 aromatic rings. The minimum absolute atomic E-state index is 0.570. The molecule has 1 saturated carbocycles. The van der Waals surface area contributed by atoms with Crippen LogP contribution in [0.3, 0.4) is 0 Å². The molecule has 1 atom stereocenters. The number of nitrogens with zero attached hydrogens (tertiary/aromatic N) is 1. The lowest BCUT2D eigenvalue weighted by molar-refractivity contribution is 0.498. The van der Waals surface area contributed by atoms with Crippen molar-refractivity contribution in [3.8, 4) is 0 Å². The smallest absolute Gasteiger partial charge is 0.187 e. The van der Waals surface area contributed by atoms with Crippen LogP contribution in [0.2, 0.25) is 0 Å². The SMILES string of the molecule is C=CCNC(=S)N/N=C1/CCC[C@@H](C)C1. The molecule has 0 spiro atoms. The average Bonchev–Trinajstić information content (AvgIpc) is 2.23. The van der Waals surface area contributed by atoms with Crippen LogP contribution >= 0.6 is 12.2 Å². The van der Waals surface area contributed by atoms with E-state index < -0.39 is 0 Å². The summed E-state index contributed by atoms with van der Waals surface area (Å²) >= 11 is 5.04. The van der Waals surface area contributed by atoms with Gasteiger partial charge in [0.25, 0.3) is 0 Å². The summed E-state index contributed by atoms with van der Waals surface area (Å²) in [5, 5.41) is 7.86. The first-order valence-electron chi connectivity index (χ1n) is 5.42. The fraction of sp³-hybridized carbons (Fsp3) is 0.636. The Balaban J connectivity index is 2.29. The molecule has 1 aliphatic rings. The lowest BCUT2D eigenvalue weighted by atomic mass is 9.89.